The summed E-state index contributed by atoms with van der Waals surface area (Å²) in [5.74, 6) is 0.714. The highest BCUT2D eigenvalue weighted by atomic mass is 16.5. The minimum Gasteiger partial charge on any atom is -0.497 e. The molecule has 1 amide bonds. The summed E-state index contributed by atoms with van der Waals surface area (Å²) in [6, 6.07) is 16.7. The third-order valence-electron chi connectivity index (χ3n) is 3.63. The number of β-lactam (4-membered cyclic amide) rings is 1. The number of carbonyl (C=O) groups is 1. The molecule has 1 heterocycles. The zero-order valence-electron chi connectivity index (χ0n) is 11.2. The lowest BCUT2D eigenvalue weighted by atomic mass is 9.88. The number of ether oxygens (including phenoxy) is 1. The summed E-state index contributed by atoms with van der Waals surface area (Å²) in [5.41, 5.74) is 7.86. The molecule has 4 nitrogen and oxygen atoms in total. The lowest BCUT2D eigenvalue weighted by molar-refractivity contribution is -0.126. The highest BCUT2D eigenvalue weighted by molar-refractivity contribution is 6.05. The number of rotatable bonds is 3. The Balaban J connectivity index is 1.92. The second-order valence-corrected chi connectivity index (χ2v) is 4.79. The molecule has 0 radical (unpaired) electrons. The largest absolute Gasteiger partial charge is 0.497 e. The van der Waals surface area contributed by atoms with Crippen LogP contribution in [0.15, 0.2) is 54.6 Å². The minimum atomic E-state index is -0.473. The first kappa shape index (κ1) is 12.7. The number of methoxy groups -OCH3 is 1. The van der Waals surface area contributed by atoms with Gasteiger partial charge in [-0.05, 0) is 29.8 Å². The summed E-state index contributed by atoms with van der Waals surface area (Å²) in [7, 11) is 1.62. The SMILES string of the molecule is COc1ccc(N2C(=O)[C@@H](N)[C@H]2c2ccccc2)cc1. The third-order valence-corrected chi connectivity index (χ3v) is 3.63. The molecule has 102 valence electrons. The van der Waals surface area contributed by atoms with Crippen LogP contribution in [0, 0.1) is 0 Å². The van der Waals surface area contributed by atoms with Gasteiger partial charge >= 0.3 is 0 Å². The summed E-state index contributed by atoms with van der Waals surface area (Å²) in [5, 5.41) is 0. The van der Waals surface area contributed by atoms with Crippen LogP contribution in [0.5, 0.6) is 5.75 Å². The molecule has 1 saturated heterocycles. The van der Waals surface area contributed by atoms with Gasteiger partial charge in [0.05, 0.1) is 13.2 Å². The van der Waals surface area contributed by atoms with Crippen LogP contribution in [0.25, 0.3) is 0 Å². The predicted molar refractivity (Wildman–Crippen MR) is 77.6 cm³/mol. The summed E-state index contributed by atoms with van der Waals surface area (Å²) in [6.45, 7) is 0. The average Bonchev–Trinajstić information content (AvgIpc) is 2.52. The summed E-state index contributed by atoms with van der Waals surface area (Å²) in [6.07, 6.45) is 0. The Labute approximate surface area is 117 Å². The molecular formula is C16H16N2O2. The second kappa shape index (κ2) is 4.98. The molecule has 0 unspecified atom stereocenters. The van der Waals surface area contributed by atoms with Crippen LogP contribution in [0.4, 0.5) is 5.69 Å². The minimum absolute atomic E-state index is 0.0518. The van der Waals surface area contributed by atoms with Crippen LogP contribution in [-0.4, -0.2) is 19.1 Å². The van der Waals surface area contributed by atoms with Crippen LogP contribution in [-0.2, 0) is 4.79 Å². The van der Waals surface area contributed by atoms with Gasteiger partial charge in [-0.3, -0.25) is 4.79 Å². The van der Waals surface area contributed by atoms with E-state index in [0.717, 1.165) is 17.0 Å². The van der Waals surface area contributed by atoms with E-state index in [1.54, 1.807) is 12.0 Å². The molecule has 2 aromatic rings. The first-order valence-corrected chi connectivity index (χ1v) is 6.50. The van der Waals surface area contributed by atoms with Gasteiger partial charge in [0.15, 0.2) is 0 Å². The monoisotopic (exact) mass is 268 g/mol. The van der Waals surface area contributed by atoms with E-state index < -0.39 is 6.04 Å². The second-order valence-electron chi connectivity index (χ2n) is 4.79. The molecule has 2 N–H and O–H groups in total. The first-order valence-electron chi connectivity index (χ1n) is 6.50. The van der Waals surface area contributed by atoms with Crippen molar-refractivity contribution in [3.63, 3.8) is 0 Å². The van der Waals surface area contributed by atoms with Gasteiger partial charge in [0.2, 0.25) is 5.91 Å². The van der Waals surface area contributed by atoms with Crippen molar-refractivity contribution in [2.75, 3.05) is 12.0 Å². The molecule has 0 bridgehead atoms. The van der Waals surface area contributed by atoms with Crippen molar-refractivity contribution >= 4 is 11.6 Å². The fourth-order valence-corrected chi connectivity index (χ4v) is 2.55. The van der Waals surface area contributed by atoms with E-state index in [1.807, 2.05) is 54.6 Å². The summed E-state index contributed by atoms with van der Waals surface area (Å²) >= 11 is 0. The van der Waals surface area contributed by atoms with Crippen LogP contribution in [0.3, 0.4) is 0 Å². The normalized spacial score (nSPS) is 21.5. The number of nitrogens with zero attached hydrogens (tertiary/aromatic N) is 1. The van der Waals surface area contributed by atoms with Crippen molar-refractivity contribution in [1.82, 2.24) is 0 Å². The Morgan fingerprint density at radius 3 is 2.30 bits per heavy atom. The Hall–Kier alpha value is -2.33. The molecule has 0 aromatic heterocycles. The van der Waals surface area contributed by atoms with Crippen LogP contribution in [0.2, 0.25) is 0 Å². The standard InChI is InChI=1S/C16H16N2O2/c1-20-13-9-7-12(8-10-13)18-15(14(17)16(18)19)11-5-3-2-4-6-11/h2-10,14-15H,17H2,1H3/t14-,15+/m0/s1. The van der Waals surface area contributed by atoms with E-state index in [0.29, 0.717) is 0 Å². The number of anilines is 1. The van der Waals surface area contributed by atoms with Gasteiger partial charge in [-0.1, -0.05) is 30.3 Å². The Bertz CT molecular complexity index is 610. The van der Waals surface area contributed by atoms with Gasteiger partial charge < -0.3 is 15.4 Å². The van der Waals surface area contributed by atoms with Crippen molar-refractivity contribution in [2.24, 2.45) is 5.73 Å². The summed E-state index contributed by atoms with van der Waals surface area (Å²) < 4.78 is 5.13. The molecule has 1 aliphatic rings. The van der Waals surface area contributed by atoms with Gasteiger partial charge in [0, 0.05) is 5.69 Å². The lowest BCUT2D eigenvalue weighted by Gasteiger charge is -2.45. The van der Waals surface area contributed by atoms with Gasteiger partial charge in [-0.15, -0.1) is 0 Å². The quantitative estimate of drug-likeness (QED) is 0.867. The first-order chi connectivity index (χ1) is 9.72. The van der Waals surface area contributed by atoms with Crippen molar-refractivity contribution in [2.45, 2.75) is 12.1 Å². The van der Waals surface area contributed by atoms with Crippen molar-refractivity contribution in [3.05, 3.63) is 60.2 Å². The van der Waals surface area contributed by atoms with Gasteiger partial charge in [0.25, 0.3) is 0 Å². The maximum absolute atomic E-state index is 12.1. The maximum Gasteiger partial charge on any atom is 0.247 e. The highest BCUT2D eigenvalue weighted by Gasteiger charge is 2.46. The smallest absolute Gasteiger partial charge is 0.247 e. The Kier molecular flexibility index (Phi) is 3.16. The van der Waals surface area contributed by atoms with Crippen LogP contribution >= 0.6 is 0 Å². The zero-order chi connectivity index (χ0) is 14.1. The van der Waals surface area contributed by atoms with E-state index in [2.05, 4.69) is 0 Å². The molecular weight excluding hydrogens is 252 g/mol. The third kappa shape index (κ3) is 1.94. The Morgan fingerprint density at radius 2 is 1.70 bits per heavy atom. The van der Waals surface area contributed by atoms with E-state index in [4.69, 9.17) is 10.5 Å². The molecule has 1 fully saturated rings. The van der Waals surface area contributed by atoms with E-state index >= 15 is 0 Å². The Morgan fingerprint density at radius 1 is 1.05 bits per heavy atom. The number of amides is 1. The molecule has 3 rings (SSSR count). The molecule has 20 heavy (non-hydrogen) atoms. The predicted octanol–water partition coefficient (Wildman–Crippen LogP) is 2.11. The molecule has 1 aliphatic heterocycles. The fraction of sp³-hybridized carbons (Fsp3) is 0.188. The van der Waals surface area contributed by atoms with E-state index in [-0.39, 0.29) is 11.9 Å². The number of hydrogen-bond acceptors (Lipinski definition) is 3. The van der Waals surface area contributed by atoms with E-state index in [1.165, 1.54) is 0 Å². The molecule has 0 spiro atoms. The van der Waals surface area contributed by atoms with Crippen molar-refractivity contribution < 1.29 is 9.53 Å². The fourth-order valence-electron chi connectivity index (χ4n) is 2.55. The lowest BCUT2D eigenvalue weighted by Crippen LogP contribution is -2.63. The summed E-state index contributed by atoms with van der Waals surface area (Å²) in [4.78, 5) is 13.8. The number of carbonyl (C=O) groups excluding carboxylic acids is 1. The van der Waals surface area contributed by atoms with Crippen LogP contribution < -0.4 is 15.4 Å². The van der Waals surface area contributed by atoms with Gasteiger partial charge in [-0.25, -0.2) is 0 Å². The molecule has 0 aliphatic carbocycles. The molecule has 2 aromatic carbocycles. The molecule has 4 heteroatoms. The highest BCUT2D eigenvalue weighted by Crippen LogP contribution is 2.38. The topological polar surface area (TPSA) is 55.6 Å². The molecule has 0 saturated carbocycles. The average molecular weight is 268 g/mol. The zero-order valence-corrected chi connectivity index (χ0v) is 11.2. The van der Waals surface area contributed by atoms with Gasteiger partial charge in [0.1, 0.15) is 11.8 Å². The number of hydrogen-bond donors (Lipinski definition) is 1. The van der Waals surface area contributed by atoms with Crippen LogP contribution in [0.1, 0.15) is 11.6 Å². The van der Waals surface area contributed by atoms with Gasteiger partial charge in [-0.2, -0.15) is 0 Å². The number of benzene rings is 2. The van der Waals surface area contributed by atoms with Crippen molar-refractivity contribution in [1.29, 1.82) is 0 Å². The van der Waals surface area contributed by atoms with Crippen molar-refractivity contribution in [3.8, 4) is 5.75 Å². The number of nitrogens with two attached hydrogens (primary N) is 1. The van der Waals surface area contributed by atoms with E-state index in [9.17, 15) is 4.79 Å². The molecule has 2 atom stereocenters. The maximum atomic E-state index is 12.1.